The number of aromatic nitrogens is 3. The maximum Gasteiger partial charge on any atom is 0.216 e. The van der Waals surface area contributed by atoms with Gasteiger partial charge in [-0.05, 0) is 54.4 Å². The molecule has 0 radical (unpaired) electrons. The molecule has 0 spiro atoms. The van der Waals surface area contributed by atoms with Gasteiger partial charge < -0.3 is 9.15 Å². The van der Waals surface area contributed by atoms with E-state index in [0.29, 0.717) is 23.0 Å². The highest BCUT2D eigenvalue weighted by Gasteiger charge is 2.36. The Labute approximate surface area is 156 Å². The lowest BCUT2D eigenvalue weighted by molar-refractivity contribution is 0.414. The monoisotopic (exact) mass is 368 g/mol. The van der Waals surface area contributed by atoms with Crippen molar-refractivity contribution < 1.29 is 9.15 Å². The Morgan fingerprint density at radius 2 is 2.12 bits per heavy atom. The first-order valence-electron chi connectivity index (χ1n) is 8.57. The standard InChI is InChI=1S/C19H20N4O2S/c1-12-9-16(12)17-8-7-15(25-17)11-20-23-18(21-22-19(23)26)10-13-3-5-14(24-2)6-4-13/h3-8,11-12,16H,9-10H2,1-2H3,(H,22,26)/b20-11-/t12-,16+/m1/s1. The second kappa shape index (κ2) is 6.92. The van der Waals surface area contributed by atoms with Crippen LogP contribution in [0.2, 0.25) is 0 Å². The Kier molecular flexibility index (Phi) is 4.46. The van der Waals surface area contributed by atoms with Gasteiger partial charge in [-0.1, -0.05) is 19.1 Å². The highest BCUT2D eigenvalue weighted by Crippen LogP contribution is 2.47. The van der Waals surface area contributed by atoms with E-state index in [2.05, 4.69) is 22.2 Å². The van der Waals surface area contributed by atoms with E-state index in [1.807, 2.05) is 36.4 Å². The van der Waals surface area contributed by atoms with Crippen LogP contribution in [0.4, 0.5) is 0 Å². The number of methoxy groups -OCH3 is 1. The lowest BCUT2D eigenvalue weighted by atomic mass is 10.1. The molecule has 3 aromatic rings. The van der Waals surface area contributed by atoms with Gasteiger partial charge in [0.15, 0.2) is 5.82 Å². The first kappa shape index (κ1) is 16.8. The van der Waals surface area contributed by atoms with Crippen LogP contribution in [-0.2, 0) is 6.42 Å². The summed E-state index contributed by atoms with van der Waals surface area (Å²) in [6, 6.07) is 11.8. The van der Waals surface area contributed by atoms with Crippen molar-refractivity contribution in [1.82, 2.24) is 14.9 Å². The molecule has 1 saturated carbocycles. The first-order valence-corrected chi connectivity index (χ1v) is 8.98. The lowest BCUT2D eigenvalue weighted by Gasteiger charge is -2.03. The molecule has 134 valence electrons. The zero-order valence-corrected chi connectivity index (χ0v) is 15.5. The quantitative estimate of drug-likeness (QED) is 0.524. The van der Waals surface area contributed by atoms with E-state index in [0.717, 1.165) is 28.7 Å². The van der Waals surface area contributed by atoms with Crippen LogP contribution in [0.15, 0.2) is 45.9 Å². The summed E-state index contributed by atoms with van der Waals surface area (Å²) in [5.41, 5.74) is 1.10. The van der Waals surface area contributed by atoms with Crippen LogP contribution in [-0.4, -0.2) is 28.2 Å². The largest absolute Gasteiger partial charge is 0.497 e. The highest BCUT2D eigenvalue weighted by molar-refractivity contribution is 7.71. The summed E-state index contributed by atoms with van der Waals surface area (Å²) >= 11 is 5.30. The summed E-state index contributed by atoms with van der Waals surface area (Å²) < 4.78 is 13.1. The Morgan fingerprint density at radius 1 is 1.35 bits per heavy atom. The van der Waals surface area contributed by atoms with Gasteiger partial charge >= 0.3 is 0 Å². The number of hydrogen-bond acceptors (Lipinski definition) is 5. The van der Waals surface area contributed by atoms with E-state index in [4.69, 9.17) is 21.4 Å². The predicted octanol–water partition coefficient (Wildman–Crippen LogP) is 4.14. The summed E-state index contributed by atoms with van der Waals surface area (Å²) in [5, 5.41) is 11.5. The van der Waals surface area contributed by atoms with Crippen LogP contribution in [0.5, 0.6) is 5.75 Å². The molecule has 1 fully saturated rings. The summed E-state index contributed by atoms with van der Waals surface area (Å²) in [5.74, 6) is 4.58. The molecule has 0 saturated heterocycles. The number of nitrogens with zero attached hydrogens (tertiary/aromatic N) is 3. The fourth-order valence-corrected chi connectivity index (χ4v) is 3.15. The van der Waals surface area contributed by atoms with E-state index < -0.39 is 0 Å². The average molecular weight is 368 g/mol. The number of H-pyrrole nitrogens is 1. The minimum absolute atomic E-state index is 0.451. The van der Waals surface area contributed by atoms with Crippen molar-refractivity contribution in [2.24, 2.45) is 11.0 Å². The van der Waals surface area contributed by atoms with Gasteiger partial charge in [0.05, 0.1) is 13.3 Å². The molecule has 0 amide bonds. The lowest BCUT2D eigenvalue weighted by Crippen LogP contribution is -2.00. The van der Waals surface area contributed by atoms with E-state index in [1.165, 1.54) is 6.42 Å². The predicted molar refractivity (Wildman–Crippen MR) is 101 cm³/mol. The van der Waals surface area contributed by atoms with E-state index in [-0.39, 0.29) is 0 Å². The Balaban J connectivity index is 1.52. The molecule has 1 N–H and O–H groups in total. The molecule has 2 heterocycles. The minimum Gasteiger partial charge on any atom is -0.497 e. The van der Waals surface area contributed by atoms with Crippen molar-refractivity contribution in [3.8, 4) is 5.75 Å². The molecule has 2 atom stereocenters. The summed E-state index contributed by atoms with van der Waals surface area (Å²) in [6.07, 6.45) is 3.49. The van der Waals surface area contributed by atoms with Gasteiger partial charge in [-0.15, -0.1) is 0 Å². The molecule has 6 nitrogen and oxygen atoms in total. The van der Waals surface area contributed by atoms with Gasteiger partial charge in [0.1, 0.15) is 17.3 Å². The molecule has 7 heteroatoms. The van der Waals surface area contributed by atoms with Gasteiger partial charge in [0.2, 0.25) is 4.77 Å². The van der Waals surface area contributed by atoms with Gasteiger partial charge in [0.25, 0.3) is 0 Å². The van der Waals surface area contributed by atoms with Crippen molar-refractivity contribution in [1.29, 1.82) is 0 Å². The van der Waals surface area contributed by atoms with Crippen molar-refractivity contribution >= 4 is 18.4 Å². The number of ether oxygens (including phenoxy) is 1. The molecular weight excluding hydrogens is 348 g/mol. The normalized spacial score (nSPS) is 19.2. The van der Waals surface area contributed by atoms with Crippen LogP contribution >= 0.6 is 12.2 Å². The molecule has 1 aliphatic rings. The molecule has 1 aliphatic carbocycles. The molecule has 0 unspecified atom stereocenters. The second-order valence-electron chi connectivity index (χ2n) is 6.59. The molecule has 26 heavy (non-hydrogen) atoms. The average Bonchev–Trinajstić information content (AvgIpc) is 3.04. The van der Waals surface area contributed by atoms with E-state index in [9.17, 15) is 0 Å². The third-order valence-corrected chi connectivity index (χ3v) is 4.93. The van der Waals surface area contributed by atoms with Gasteiger partial charge in [-0.3, -0.25) is 5.10 Å². The Bertz CT molecular complexity index is 984. The smallest absolute Gasteiger partial charge is 0.216 e. The fraction of sp³-hybridized carbons (Fsp3) is 0.316. The molecule has 1 aromatic carbocycles. The third kappa shape index (κ3) is 3.48. The number of benzene rings is 1. The van der Waals surface area contributed by atoms with Crippen LogP contribution in [0.3, 0.4) is 0 Å². The Morgan fingerprint density at radius 3 is 2.81 bits per heavy atom. The van der Waals surface area contributed by atoms with Gasteiger partial charge in [0, 0.05) is 12.3 Å². The van der Waals surface area contributed by atoms with Crippen molar-refractivity contribution in [3.05, 3.63) is 64.1 Å². The van der Waals surface area contributed by atoms with Gasteiger partial charge in [-0.25, -0.2) is 0 Å². The van der Waals surface area contributed by atoms with Crippen LogP contribution < -0.4 is 4.74 Å². The zero-order chi connectivity index (χ0) is 18.1. The summed E-state index contributed by atoms with van der Waals surface area (Å²) in [7, 11) is 1.65. The zero-order valence-electron chi connectivity index (χ0n) is 14.7. The van der Waals surface area contributed by atoms with Crippen LogP contribution in [0, 0.1) is 10.7 Å². The summed E-state index contributed by atoms with van der Waals surface area (Å²) in [6.45, 7) is 2.23. The van der Waals surface area contributed by atoms with Crippen molar-refractivity contribution in [3.63, 3.8) is 0 Å². The topological polar surface area (TPSA) is 68.3 Å². The molecule has 2 aromatic heterocycles. The molecule has 0 bridgehead atoms. The number of nitrogens with one attached hydrogen (secondary N) is 1. The summed E-state index contributed by atoms with van der Waals surface area (Å²) in [4.78, 5) is 0. The van der Waals surface area contributed by atoms with Crippen molar-refractivity contribution in [2.45, 2.75) is 25.7 Å². The number of hydrogen-bond donors (Lipinski definition) is 1. The number of furan rings is 1. The number of aromatic amines is 1. The molecular formula is C19H20N4O2S. The van der Waals surface area contributed by atoms with Crippen LogP contribution in [0.25, 0.3) is 0 Å². The van der Waals surface area contributed by atoms with E-state index in [1.54, 1.807) is 18.0 Å². The maximum absolute atomic E-state index is 5.86. The first-order chi connectivity index (χ1) is 12.6. The highest BCUT2D eigenvalue weighted by atomic mass is 32.1. The van der Waals surface area contributed by atoms with Crippen molar-refractivity contribution in [2.75, 3.05) is 7.11 Å². The van der Waals surface area contributed by atoms with E-state index >= 15 is 0 Å². The van der Waals surface area contributed by atoms with Crippen LogP contribution in [0.1, 0.15) is 42.2 Å². The maximum atomic E-state index is 5.86. The second-order valence-corrected chi connectivity index (χ2v) is 6.97. The Hall–Kier alpha value is -2.67. The fourth-order valence-electron chi connectivity index (χ4n) is 2.95. The minimum atomic E-state index is 0.451. The molecule has 0 aliphatic heterocycles. The third-order valence-electron chi connectivity index (χ3n) is 4.66. The molecule has 4 rings (SSSR count). The SMILES string of the molecule is COc1ccc(Cc2n[nH]c(=S)n2/N=C\c2ccc([C@H]3C[C@H]3C)o2)cc1. The van der Waals surface area contributed by atoms with Gasteiger partial charge in [-0.2, -0.15) is 14.9 Å². The number of rotatable bonds is 6.